The molecule has 0 aromatic carbocycles. The molecule has 75 valence electrons. The highest BCUT2D eigenvalue weighted by atomic mass is 16.5. The van der Waals surface area contributed by atoms with Gasteiger partial charge in [-0.2, -0.15) is 0 Å². The summed E-state index contributed by atoms with van der Waals surface area (Å²) in [5.41, 5.74) is -0.0586. The van der Waals surface area contributed by atoms with E-state index < -0.39 is 17.7 Å². The minimum absolute atomic E-state index is 0.508. The third kappa shape index (κ3) is 1.15. The van der Waals surface area contributed by atoms with Crippen LogP contribution in [0.25, 0.3) is 0 Å². The van der Waals surface area contributed by atoms with Crippen LogP contribution in [0.1, 0.15) is 25.6 Å². The Morgan fingerprint density at radius 1 is 1.50 bits per heavy atom. The first-order valence-corrected chi connectivity index (χ1v) is 4.60. The highest BCUT2D eigenvalue weighted by Gasteiger charge is 2.56. The molecule has 0 bridgehead atoms. The molecule has 1 saturated heterocycles. The molecule has 1 radical (unpaired) electrons. The van der Waals surface area contributed by atoms with Crippen molar-refractivity contribution in [2.24, 2.45) is 0 Å². The van der Waals surface area contributed by atoms with Gasteiger partial charge in [0.05, 0.1) is 17.3 Å². The van der Waals surface area contributed by atoms with Crippen LogP contribution in [-0.4, -0.2) is 26.8 Å². The fraction of sp³-hybridized carbons (Fsp3) is 0.500. The summed E-state index contributed by atoms with van der Waals surface area (Å²) in [4.78, 5) is 4.07. The lowest BCUT2D eigenvalue weighted by molar-refractivity contribution is -0.355. The molecule has 1 aromatic rings. The average molecular weight is 193 g/mol. The number of pyridine rings is 1. The predicted molar refractivity (Wildman–Crippen MR) is 49.6 cm³/mol. The first kappa shape index (κ1) is 9.58. The van der Waals surface area contributed by atoms with E-state index in [2.05, 4.69) is 4.98 Å². The summed E-state index contributed by atoms with van der Waals surface area (Å²) in [5, 5.41) is 22.3. The average Bonchev–Trinajstić information content (AvgIpc) is 2.20. The van der Waals surface area contributed by atoms with Crippen LogP contribution in [0, 0.1) is 0 Å². The van der Waals surface area contributed by atoms with Gasteiger partial charge >= 0.3 is 0 Å². The van der Waals surface area contributed by atoms with Gasteiger partial charge in [-0.25, -0.2) is 0 Å². The van der Waals surface area contributed by atoms with Crippen molar-refractivity contribution in [2.75, 3.05) is 0 Å². The maximum absolute atomic E-state index is 11.6. The lowest BCUT2D eigenvalue weighted by Crippen LogP contribution is -2.67. The van der Waals surface area contributed by atoms with Crippen molar-refractivity contribution in [3.63, 3.8) is 0 Å². The van der Waals surface area contributed by atoms with Crippen molar-refractivity contribution in [1.82, 2.24) is 10.0 Å². The van der Waals surface area contributed by atoms with Crippen LogP contribution in [0.2, 0.25) is 0 Å². The maximum atomic E-state index is 11.6. The number of hydrogen-bond acceptors (Lipinski definition) is 3. The molecule has 1 aliphatic heterocycles. The van der Waals surface area contributed by atoms with Gasteiger partial charge in [-0.3, -0.25) is 4.98 Å². The predicted octanol–water partition coefficient (Wildman–Crippen LogP) is 0.923. The molecule has 2 unspecified atom stereocenters. The molecule has 4 heteroatoms. The van der Waals surface area contributed by atoms with Gasteiger partial charge in [0.25, 0.3) is 0 Å². The first-order chi connectivity index (χ1) is 6.55. The standard InChI is InChI=1S/C10H13N2O2/c1-10(2)9(13)8(12(10)14)7-5-3-4-6-11-7/h3-6,8-9,13H,1-2H3. The summed E-state index contributed by atoms with van der Waals surface area (Å²) in [6.45, 7) is 3.45. The number of aliphatic hydroxyl groups excluding tert-OH is 1. The van der Waals surface area contributed by atoms with Gasteiger partial charge in [0.1, 0.15) is 6.04 Å². The molecule has 0 saturated carbocycles. The van der Waals surface area contributed by atoms with Crippen molar-refractivity contribution in [3.8, 4) is 0 Å². The van der Waals surface area contributed by atoms with Gasteiger partial charge in [-0.15, -0.1) is 10.3 Å². The van der Waals surface area contributed by atoms with Crippen molar-refractivity contribution in [2.45, 2.75) is 31.5 Å². The second-order valence-corrected chi connectivity index (χ2v) is 4.12. The smallest absolute Gasteiger partial charge is 0.109 e. The van der Waals surface area contributed by atoms with Crippen molar-refractivity contribution < 1.29 is 10.3 Å². The van der Waals surface area contributed by atoms with E-state index in [4.69, 9.17) is 0 Å². The van der Waals surface area contributed by atoms with Crippen LogP contribution in [0.5, 0.6) is 0 Å². The minimum Gasteiger partial charge on any atom is -0.389 e. The highest BCUT2D eigenvalue weighted by Crippen LogP contribution is 2.44. The molecule has 2 atom stereocenters. The van der Waals surface area contributed by atoms with Crippen LogP contribution < -0.4 is 0 Å². The van der Waals surface area contributed by atoms with E-state index in [9.17, 15) is 10.3 Å². The Hall–Kier alpha value is -0.970. The molecule has 4 nitrogen and oxygen atoms in total. The van der Waals surface area contributed by atoms with Crippen LogP contribution >= 0.6 is 0 Å². The molecule has 0 aliphatic carbocycles. The zero-order valence-corrected chi connectivity index (χ0v) is 8.21. The number of rotatable bonds is 1. The first-order valence-electron chi connectivity index (χ1n) is 4.60. The lowest BCUT2D eigenvalue weighted by Gasteiger charge is -2.52. The summed E-state index contributed by atoms with van der Waals surface area (Å²) >= 11 is 0. The van der Waals surface area contributed by atoms with E-state index in [1.54, 1.807) is 32.2 Å². The summed E-state index contributed by atoms with van der Waals surface area (Å²) in [6.07, 6.45) is 0.983. The largest absolute Gasteiger partial charge is 0.389 e. The lowest BCUT2D eigenvalue weighted by atomic mass is 9.79. The quantitative estimate of drug-likeness (QED) is 0.721. The number of hydroxylamine groups is 2. The third-order valence-electron chi connectivity index (χ3n) is 2.83. The SMILES string of the molecule is CC1(C)C(O)C(c2ccccn2)N1[O]. The van der Waals surface area contributed by atoms with E-state index >= 15 is 0 Å². The number of hydrogen-bond donors (Lipinski definition) is 1. The Morgan fingerprint density at radius 2 is 2.21 bits per heavy atom. The van der Waals surface area contributed by atoms with Crippen molar-refractivity contribution in [3.05, 3.63) is 30.1 Å². The molecule has 14 heavy (non-hydrogen) atoms. The van der Waals surface area contributed by atoms with E-state index in [-0.39, 0.29) is 0 Å². The molecule has 1 fully saturated rings. The Morgan fingerprint density at radius 3 is 2.71 bits per heavy atom. The van der Waals surface area contributed by atoms with E-state index in [0.29, 0.717) is 5.69 Å². The zero-order valence-electron chi connectivity index (χ0n) is 8.21. The van der Waals surface area contributed by atoms with Gasteiger partial charge in [0.2, 0.25) is 0 Å². The van der Waals surface area contributed by atoms with Crippen LogP contribution in [0.15, 0.2) is 24.4 Å². The summed E-state index contributed by atoms with van der Waals surface area (Å²) in [5.74, 6) is 0. The Labute approximate surface area is 82.8 Å². The normalized spacial score (nSPS) is 31.1. The molecule has 2 rings (SSSR count). The molecule has 0 amide bonds. The highest BCUT2D eigenvalue weighted by molar-refractivity contribution is 5.18. The van der Waals surface area contributed by atoms with Crippen LogP contribution in [0.3, 0.4) is 0 Å². The zero-order chi connectivity index (χ0) is 10.3. The van der Waals surface area contributed by atoms with E-state index in [1.807, 2.05) is 6.07 Å². The number of nitrogens with zero attached hydrogens (tertiary/aromatic N) is 2. The van der Waals surface area contributed by atoms with Crippen LogP contribution in [-0.2, 0) is 5.21 Å². The summed E-state index contributed by atoms with van der Waals surface area (Å²) in [7, 11) is 0. The molecular formula is C10H13N2O2. The second kappa shape index (κ2) is 3.02. The van der Waals surface area contributed by atoms with Gasteiger partial charge in [0.15, 0.2) is 0 Å². The van der Waals surface area contributed by atoms with Gasteiger partial charge in [0, 0.05) is 6.20 Å². The van der Waals surface area contributed by atoms with Crippen LogP contribution in [0.4, 0.5) is 0 Å². The Kier molecular flexibility index (Phi) is 2.06. The third-order valence-corrected chi connectivity index (χ3v) is 2.83. The van der Waals surface area contributed by atoms with Gasteiger partial charge in [-0.1, -0.05) is 6.07 Å². The fourth-order valence-electron chi connectivity index (χ4n) is 1.75. The second-order valence-electron chi connectivity index (χ2n) is 4.12. The van der Waals surface area contributed by atoms with Gasteiger partial charge in [-0.05, 0) is 26.0 Å². The summed E-state index contributed by atoms with van der Waals surface area (Å²) in [6, 6.07) is 4.85. The molecule has 2 heterocycles. The minimum atomic E-state index is -0.692. The van der Waals surface area contributed by atoms with Crippen molar-refractivity contribution >= 4 is 0 Å². The monoisotopic (exact) mass is 193 g/mol. The fourth-order valence-corrected chi connectivity index (χ4v) is 1.75. The number of aromatic nitrogens is 1. The summed E-state index contributed by atoms with van der Waals surface area (Å²) < 4.78 is 0. The molecule has 1 aliphatic rings. The van der Waals surface area contributed by atoms with Crippen molar-refractivity contribution in [1.29, 1.82) is 0 Å². The molecule has 1 aromatic heterocycles. The van der Waals surface area contributed by atoms with E-state index in [1.165, 1.54) is 0 Å². The number of aliphatic hydroxyl groups is 1. The molecular weight excluding hydrogens is 180 g/mol. The molecule has 0 spiro atoms. The van der Waals surface area contributed by atoms with E-state index in [0.717, 1.165) is 5.06 Å². The van der Waals surface area contributed by atoms with Gasteiger partial charge < -0.3 is 5.11 Å². The topological polar surface area (TPSA) is 56.3 Å². The Bertz CT molecular complexity index is 314. The Balaban J connectivity index is 2.24. The molecule has 1 N–H and O–H groups in total. The maximum Gasteiger partial charge on any atom is 0.109 e.